The Bertz CT molecular complexity index is 944. The number of alkyl halides is 6. The van der Waals surface area contributed by atoms with Crippen LogP contribution in [0.2, 0.25) is 0 Å². The van der Waals surface area contributed by atoms with Gasteiger partial charge in [-0.2, -0.15) is 38.1 Å². The first-order valence-corrected chi connectivity index (χ1v) is 11.7. The van der Waals surface area contributed by atoms with Gasteiger partial charge in [-0.1, -0.05) is 0 Å². The summed E-state index contributed by atoms with van der Waals surface area (Å²) >= 11 is 1.72. The van der Waals surface area contributed by atoms with Gasteiger partial charge in [0, 0.05) is 60.7 Å². The number of nitrogens with zero attached hydrogens (tertiary/aromatic N) is 2. The minimum atomic E-state index is -4.71. The van der Waals surface area contributed by atoms with Crippen molar-refractivity contribution in [2.75, 3.05) is 47.5 Å². The van der Waals surface area contributed by atoms with E-state index >= 15 is 0 Å². The predicted molar refractivity (Wildman–Crippen MR) is 116 cm³/mol. The fourth-order valence-corrected chi connectivity index (χ4v) is 5.17. The van der Waals surface area contributed by atoms with Crippen LogP contribution < -0.4 is 9.80 Å². The van der Waals surface area contributed by atoms with E-state index in [2.05, 4.69) is 6.07 Å². The van der Waals surface area contributed by atoms with E-state index in [1.807, 2.05) is 9.80 Å². The maximum absolute atomic E-state index is 13.9. The third-order valence-corrected chi connectivity index (χ3v) is 6.85. The van der Waals surface area contributed by atoms with Gasteiger partial charge in [0.2, 0.25) is 0 Å². The zero-order chi connectivity index (χ0) is 22.9. The second-order valence-electron chi connectivity index (χ2n) is 8.02. The third kappa shape index (κ3) is 4.97. The molecular weight excluding hydrogens is 450 g/mol. The summed E-state index contributed by atoms with van der Waals surface area (Å²) < 4.78 is 82.4. The molecule has 173 valence electrons. The maximum atomic E-state index is 13.9. The average Bonchev–Trinajstić information content (AvgIpc) is 2.78. The van der Waals surface area contributed by atoms with Gasteiger partial charge >= 0.3 is 12.4 Å². The van der Waals surface area contributed by atoms with Gasteiger partial charge in [0.25, 0.3) is 0 Å². The molecule has 0 atom stereocenters. The van der Waals surface area contributed by atoms with Crippen molar-refractivity contribution in [2.24, 2.45) is 0 Å². The van der Waals surface area contributed by atoms with E-state index in [4.69, 9.17) is 0 Å². The summed E-state index contributed by atoms with van der Waals surface area (Å²) in [5.74, 6) is 1.54. The van der Waals surface area contributed by atoms with Crippen LogP contribution in [0.5, 0.6) is 0 Å². The molecule has 4 rings (SSSR count). The van der Waals surface area contributed by atoms with E-state index in [9.17, 15) is 26.3 Å². The van der Waals surface area contributed by atoms with Crippen LogP contribution in [0.25, 0.3) is 11.1 Å². The Labute approximate surface area is 187 Å². The van der Waals surface area contributed by atoms with Crippen LogP contribution >= 0.6 is 11.8 Å². The lowest BCUT2D eigenvalue weighted by Gasteiger charge is -2.32. The Kier molecular flexibility index (Phi) is 6.56. The molecule has 2 saturated heterocycles. The summed E-state index contributed by atoms with van der Waals surface area (Å²) in [7, 11) is 0. The highest BCUT2D eigenvalue weighted by molar-refractivity contribution is 7.99. The number of hydrogen-bond donors (Lipinski definition) is 0. The van der Waals surface area contributed by atoms with Gasteiger partial charge in [-0.15, -0.1) is 0 Å². The fourth-order valence-electron chi connectivity index (χ4n) is 4.26. The van der Waals surface area contributed by atoms with Crippen molar-refractivity contribution in [3.8, 4) is 11.1 Å². The second-order valence-corrected chi connectivity index (χ2v) is 9.24. The van der Waals surface area contributed by atoms with Crippen LogP contribution in [-0.2, 0) is 12.4 Å². The lowest BCUT2D eigenvalue weighted by molar-refractivity contribution is -0.137. The Balaban J connectivity index is 1.90. The molecule has 0 aromatic heterocycles. The van der Waals surface area contributed by atoms with Crippen LogP contribution in [0.15, 0.2) is 30.3 Å². The van der Waals surface area contributed by atoms with Crippen LogP contribution in [0, 0.1) is 6.07 Å². The van der Waals surface area contributed by atoms with E-state index in [0.29, 0.717) is 37.6 Å². The first kappa shape index (κ1) is 23.1. The quantitative estimate of drug-likeness (QED) is 0.456. The van der Waals surface area contributed by atoms with Gasteiger partial charge in [0.1, 0.15) is 0 Å². The highest BCUT2D eigenvalue weighted by Gasteiger charge is 2.37. The lowest BCUT2D eigenvalue weighted by Crippen LogP contribution is -2.33. The second kappa shape index (κ2) is 9.08. The largest absolute Gasteiger partial charge is 0.417 e. The molecule has 2 aliphatic heterocycles. The van der Waals surface area contributed by atoms with E-state index in [-0.39, 0.29) is 11.1 Å². The zero-order valence-electron chi connectivity index (χ0n) is 17.3. The summed E-state index contributed by atoms with van der Waals surface area (Å²) in [6.45, 7) is 2.53. The Morgan fingerprint density at radius 3 is 2.06 bits per heavy atom. The molecule has 0 unspecified atom stereocenters. The highest BCUT2D eigenvalue weighted by atomic mass is 32.2. The van der Waals surface area contributed by atoms with E-state index in [1.165, 1.54) is 12.1 Å². The summed E-state index contributed by atoms with van der Waals surface area (Å²) in [6, 6.07) is 8.11. The summed E-state index contributed by atoms with van der Waals surface area (Å²) in [4.78, 5) is 3.83. The predicted octanol–water partition coefficient (Wildman–Crippen LogP) is 6.73. The minimum Gasteiger partial charge on any atom is -0.371 e. The molecule has 0 bridgehead atoms. The molecule has 2 aliphatic rings. The van der Waals surface area contributed by atoms with Gasteiger partial charge in [-0.25, -0.2) is 0 Å². The van der Waals surface area contributed by atoms with Gasteiger partial charge in [-0.05, 0) is 55.2 Å². The average molecular weight is 474 g/mol. The molecule has 2 heterocycles. The first-order chi connectivity index (χ1) is 15.1. The molecule has 0 saturated carbocycles. The van der Waals surface area contributed by atoms with Gasteiger partial charge < -0.3 is 9.80 Å². The van der Waals surface area contributed by atoms with Gasteiger partial charge in [-0.3, -0.25) is 0 Å². The van der Waals surface area contributed by atoms with Crippen molar-refractivity contribution in [3.63, 3.8) is 0 Å². The molecular formula is C23H23F6N2S. The Morgan fingerprint density at radius 2 is 1.44 bits per heavy atom. The standard InChI is InChI=1S/C23H23F6N2S/c24-22(25,26)16-4-7-21(31-10-12-32-13-11-31)19(14-16)18-15-17(30-8-2-1-3-9-30)5-6-20(18)23(27,28)29/h4,6-7,14-15H,1-3,8-13H2. The summed E-state index contributed by atoms with van der Waals surface area (Å²) in [6.07, 6.45) is -6.47. The molecule has 2 fully saturated rings. The van der Waals surface area contributed by atoms with E-state index in [1.54, 1.807) is 11.8 Å². The number of halogens is 6. The molecule has 0 aliphatic carbocycles. The molecule has 0 amide bonds. The highest BCUT2D eigenvalue weighted by Crippen LogP contribution is 2.44. The number of piperidine rings is 1. The normalized spacial score (nSPS) is 18.2. The molecule has 2 nitrogen and oxygen atoms in total. The Morgan fingerprint density at radius 1 is 0.750 bits per heavy atom. The van der Waals surface area contributed by atoms with E-state index < -0.39 is 23.5 Å². The van der Waals surface area contributed by atoms with Crippen LogP contribution in [0.3, 0.4) is 0 Å². The fraction of sp³-hybridized carbons (Fsp3) is 0.478. The van der Waals surface area contributed by atoms with Crippen molar-refractivity contribution in [3.05, 3.63) is 47.5 Å². The van der Waals surface area contributed by atoms with Crippen molar-refractivity contribution in [1.29, 1.82) is 0 Å². The van der Waals surface area contributed by atoms with Crippen molar-refractivity contribution >= 4 is 23.1 Å². The third-order valence-electron chi connectivity index (χ3n) is 5.90. The van der Waals surface area contributed by atoms with Gasteiger partial charge in [0.05, 0.1) is 11.1 Å². The molecule has 0 spiro atoms. The van der Waals surface area contributed by atoms with Crippen LogP contribution in [-0.4, -0.2) is 37.7 Å². The van der Waals surface area contributed by atoms with Crippen LogP contribution in [0.4, 0.5) is 37.7 Å². The number of hydrogen-bond acceptors (Lipinski definition) is 3. The summed E-state index contributed by atoms with van der Waals surface area (Å²) in [5, 5.41) is 0. The van der Waals surface area contributed by atoms with Crippen molar-refractivity contribution < 1.29 is 26.3 Å². The lowest BCUT2D eigenvalue weighted by atomic mass is 9.94. The molecule has 2 aromatic carbocycles. The monoisotopic (exact) mass is 473 g/mol. The first-order valence-electron chi connectivity index (χ1n) is 10.6. The number of anilines is 2. The topological polar surface area (TPSA) is 6.48 Å². The maximum Gasteiger partial charge on any atom is 0.417 e. The smallest absolute Gasteiger partial charge is 0.371 e. The minimum absolute atomic E-state index is 0.0358. The zero-order valence-corrected chi connectivity index (χ0v) is 18.1. The summed E-state index contributed by atoms with van der Waals surface area (Å²) in [5.41, 5.74) is -1.29. The number of thioether (sulfide) groups is 1. The Hall–Kier alpha value is -2.03. The SMILES string of the molecule is FC(F)(F)c1ccc(N2CCSCC2)c(-c2cc(N3CCCCC3)[c]cc2C(F)(F)F)c1. The molecule has 32 heavy (non-hydrogen) atoms. The van der Waals surface area contributed by atoms with Gasteiger partial charge in [0.15, 0.2) is 0 Å². The number of benzene rings is 2. The molecule has 0 N–H and O–H groups in total. The molecule has 9 heteroatoms. The molecule has 1 radical (unpaired) electrons. The number of rotatable bonds is 3. The van der Waals surface area contributed by atoms with Crippen molar-refractivity contribution in [2.45, 2.75) is 31.6 Å². The van der Waals surface area contributed by atoms with E-state index in [0.717, 1.165) is 49.0 Å². The van der Waals surface area contributed by atoms with Crippen molar-refractivity contribution in [1.82, 2.24) is 0 Å². The van der Waals surface area contributed by atoms with Crippen LogP contribution in [0.1, 0.15) is 30.4 Å². The molecule has 2 aromatic rings.